The molecular weight excluding hydrogens is 758 g/mol. The minimum Gasteiger partial charge on any atom is -0.399 e. The lowest BCUT2D eigenvalue weighted by Gasteiger charge is -2.23. The summed E-state index contributed by atoms with van der Waals surface area (Å²) in [5.74, 6) is 0. The molecule has 0 aliphatic rings. The molecule has 0 heterocycles. The summed E-state index contributed by atoms with van der Waals surface area (Å²) in [6.45, 7) is 0. The second-order valence-corrected chi connectivity index (χ2v) is 10.5. The number of anilines is 4. The first-order valence-corrected chi connectivity index (χ1v) is 13.4. The van der Waals surface area contributed by atoms with E-state index in [1.54, 1.807) is 0 Å². The Balaban J connectivity index is 0.000000280. The predicted molar refractivity (Wildman–Crippen MR) is 151 cm³/mol. The quantitative estimate of drug-likeness (QED) is 0.120. The number of nitrogen functional groups attached to an aromatic ring is 4. The normalized spacial score (nSPS) is 13.1. The van der Waals surface area contributed by atoms with Crippen LogP contribution in [0.5, 0.6) is 0 Å². The summed E-state index contributed by atoms with van der Waals surface area (Å²) in [7, 11) is 0. The zero-order valence-electron chi connectivity index (χ0n) is 24.9. The molecule has 0 saturated heterocycles. The van der Waals surface area contributed by atoms with Crippen molar-refractivity contribution in [3.63, 3.8) is 0 Å². The van der Waals surface area contributed by atoms with Crippen LogP contribution in [0.25, 0.3) is 22.3 Å². The first-order valence-electron chi connectivity index (χ1n) is 13.4. The molecule has 0 aromatic heterocycles. The lowest BCUT2D eigenvalue weighted by Crippen LogP contribution is -2.20. The maximum absolute atomic E-state index is 13.4. The summed E-state index contributed by atoms with van der Waals surface area (Å²) in [5, 5.41) is 0. The summed E-state index contributed by atoms with van der Waals surface area (Å²) >= 11 is 0. The van der Waals surface area contributed by atoms with Crippen LogP contribution in [-0.4, -0.2) is 0 Å². The molecule has 4 rings (SSSR count). The Bertz CT molecular complexity index is 1950. The van der Waals surface area contributed by atoms with Crippen molar-refractivity contribution in [1.29, 1.82) is 0 Å². The van der Waals surface area contributed by atoms with E-state index in [1.807, 2.05) is 0 Å². The van der Waals surface area contributed by atoms with Crippen LogP contribution in [0.4, 0.5) is 102 Å². The van der Waals surface area contributed by atoms with Gasteiger partial charge in [0.25, 0.3) is 0 Å². The third kappa shape index (κ3) is 8.81. The van der Waals surface area contributed by atoms with E-state index in [-0.39, 0.29) is 6.07 Å². The van der Waals surface area contributed by atoms with Crippen LogP contribution >= 0.6 is 0 Å². The van der Waals surface area contributed by atoms with Gasteiger partial charge in [0.1, 0.15) is 0 Å². The Morgan fingerprint density at radius 3 is 1.08 bits per heavy atom. The van der Waals surface area contributed by atoms with E-state index in [4.69, 9.17) is 22.9 Å². The highest BCUT2D eigenvalue weighted by molar-refractivity contribution is 5.78. The molecule has 0 aliphatic heterocycles. The molecule has 0 bridgehead atoms. The van der Waals surface area contributed by atoms with Gasteiger partial charge in [-0.2, -0.15) is 79.0 Å². The van der Waals surface area contributed by atoms with Gasteiger partial charge in [0.05, 0.1) is 33.4 Å². The van der Waals surface area contributed by atoms with Gasteiger partial charge in [-0.1, -0.05) is 24.3 Å². The number of rotatable bonds is 2. The van der Waals surface area contributed by atoms with E-state index in [1.165, 1.54) is 0 Å². The summed E-state index contributed by atoms with van der Waals surface area (Å²) < 4.78 is 237. The maximum Gasteiger partial charge on any atom is 0.419 e. The highest BCUT2D eigenvalue weighted by atomic mass is 19.4. The van der Waals surface area contributed by atoms with E-state index in [0.29, 0.717) is 42.5 Å². The lowest BCUT2D eigenvalue weighted by molar-refractivity contribution is -0.161. The van der Waals surface area contributed by atoms with Gasteiger partial charge in [0, 0.05) is 22.7 Å². The fraction of sp³-hybridized carbons (Fsp3) is 0.200. The molecule has 0 spiro atoms. The van der Waals surface area contributed by atoms with E-state index in [2.05, 4.69) is 0 Å². The van der Waals surface area contributed by atoms with Crippen molar-refractivity contribution in [2.24, 2.45) is 0 Å². The van der Waals surface area contributed by atoms with Crippen LogP contribution in [0, 0.1) is 0 Å². The van der Waals surface area contributed by atoms with Crippen molar-refractivity contribution in [2.75, 3.05) is 22.9 Å². The van der Waals surface area contributed by atoms with Gasteiger partial charge >= 0.3 is 37.1 Å². The number of nitrogens with two attached hydrogens (primary N) is 4. The van der Waals surface area contributed by atoms with E-state index >= 15 is 0 Å². The molecule has 0 amide bonds. The monoisotopic (exact) mass is 776 g/mol. The van der Waals surface area contributed by atoms with Crippen molar-refractivity contribution in [1.82, 2.24) is 0 Å². The molecule has 22 heteroatoms. The number of hydrogen-bond acceptors (Lipinski definition) is 4. The van der Waals surface area contributed by atoms with Gasteiger partial charge in [0.15, 0.2) is 0 Å². The Kier molecular flexibility index (Phi) is 10.6. The molecule has 0 fully saturated rings. The minimum atomic E-state index is -5.61. The Labute approximate surface area is 278 Å². The maximum atomic E-state index is 13.4. The summed E-state index contributed by atoms with van der Waals surface area (Å²) in [6, 6.07) is 5.56. The Hall–Kier alpha value is -5.18. The van der Waals surface area contributed by atoms with Crippen molar-refractivity contribution in [3.8, 4) is 22.3 Å². The number of halogens is 18. The molecule has 0 atom stereocenters. The first-order chi connectivity index (χ1) is 23.3. The zero-order chi connectivity index (χ0) is 40.2. The lowest BCUT2D eigenvalue weighted by atomic mass is 9.90. The van der Waals surface area contributed by atoms with Crippen molar-refractivity contribution in [3.05, 3.63) is 94.0 Å². The fourth-order valence-corrected chi connectivity index (χ4v) is 4.90. The Morgan fingerprint density at radius 1 is 0.308 bits per heavy atom. The molecule has 0 saturated carbocycles. The summed E-state index contributed by atoms with van der Waals surface area (Å²) in [5.41, 5.74) is 0.702. The smallest absolute Gasteiger partial charge is 0.399 e. The number of benzene rings is 4. The first kappa shape index (κ1) is 41.2. The van der Waals surface area contributed by atoms with E-state index in [0.717, 1.165) is 12.1 Å². The minimum absolute atomic E-state index is 0.260. The van der Waals surface area contributed by atoms with Gasteiger partial charge in [-0.05, 0) is 58.7 Å². The molecule has 284 valence electrons. The molecule has 0 aliphatic carbocycles. The average molecular weight is 776 g/mol. The van der Waals surface area contributed by atoms with Gasteiger partial charge in [-0.3, -0.25) is 0 Å². The van der Waals surface area contributed by atoms with Crippen molar-refractivity contribution < 1.29 is 79.0 Å². The van der Waals surface area contributed by atoms with Crippen LogP contribution in [0.15, 0.2) is 60.7 Å². The standard InChI is InChI=1S/2C15H9F9N2/c16-13(17,18)8-5-6(1-3-9(8)25)7-2-4-10(26)12(15(22,23)24)11(7)14(19,20)21;16-13(17,18)9-5-6(25)1-2-7(9)8-3-4-10(26)12(15(22,23)24)11(8)14(19,20)21/h2*1-5H,25-26H2. The average Bonchev–Trinajstić information content (AvgIpc) is 2.94. The van der Waals surface area contributed by atoms with Crippen LogP contribution in [0.1, 0.15) is 33.4 Å². The summed E-state index contributed by atoms with van der Waals surface area (Å²) in [4.78, 5) is 0. The molecule has 8 N–H and O–H groups in total. The van der Waals surface area contributed by atoms with Crippen LogP contribution < -0.4 is 22.9 Å². The topological polar surface area (TPSA) is 104 Å². The third-order valence-electron chi connectivity index (χ3n) is 6.92. The van der Waals surface area contributed by atoms with Crippen molar-refractivity contribution in [2.45, 2.75) is 37.1 Å². The molecule has 4 nitrogen and oxygen atoms in total. The summed E-state index contributed by atoms with van der Waals surface area (Å²) in [6.07, 6.45) is -32.3. The van der Waals surface area contributed by atoms with Crippen LogP contribution in [0.3, 0.4) is 0 Å². The molecule has 0 unspecified atom stereocenters. The van der Waals surface area contributed by atoms with Gasteiger partial charge in [-0.25, -0.2) is 0 Å². The van der Waals surface area contributed by atoms with Gasteiger partial charge in [0.2, 0.25) is 0 Å². The molecule has 4 aromatic rings. The van der Waals surface area contributed by atoms with Gasteiger partial charge < -0.3 is 22.9 Å². The number of alkyl halides is 18. The highest BCUT2D eigenvalue weighted by Gasteiger charge is 2.49. The second kappa shape index (κ2) is 13.4. The van der Waals surface area contributed by atoms with E-state index in [9.17, 15) is 79.0 Å². The third-order valence-corrected chi connectivity index (χ3v) is 6.92. The SMILES string of the molecule is Nc1ccc(-c2ccc(N)c(C(F)(F)F)c2C(F)(F)F)c(C(F)(F)F)c1.Nc1ccc(-c2ccc(N)c(C(F)(F)F)c2C(F)(F)F)cc1C(F)(F)F. The highest BCUT2D eigenvalue weighted by Crippen LogP contribution is 2.51. The van der Waals surface area contributed by atoms with E-state index < -0.39 is 115 Å². The molecule has 52 heavy (non-hydrogen) atoms. The molecular formula is C30H18F18N4. The van der Waals surface area contributed by atoms with Crippen molar-refractivity contribution >= 4 is 22.7 Å². The second-order valence-electron chi connectivity index (χ2n) is 10.5. The van der Waals surface area contributed by atoms with Gasteiger partial charge in [-0.15, -0.1) is 0 Å². The fourth-order valence-electron chi connectivity index (χ4n) is 4.90. The Morgan fingerprint density at radius 2 is 0.673 bits per heavy atom. The molecule has 0 radical (unpaired) electrons. The zero-order valence-corrected chi connectivity index (χ0v) is 24.9. The largest absolute Gasteiger partial charge is 0.419 e. The molecule has 4 aromatic carbocycles. The number of hydrogen-bond donors (Lipinski definition) is 4. The van der Waals surface area contributed by atoms with Crippen LogP contribution in [-0.2, 0) is 37.1 Å². The predicted octanol–water partition coefficient (Wildman–Crippen LogP) is 11.1. The van der Waals surface area contributed by atoms with Crippen LogP contribution in [0.2, 0.25) is 0 Å².